The Bertz CT molecular complexity index is 513. The lowest BCUT2D eigenvalue weighted by Gasteiger charge is -2.01. The van der Waals surface area contributed by atoms with Gasteiger partial charge in [-0.2, -0.15) is 4.98 Å². The molecule has 0 aliphatic rings. The van der Waals surface area contributed by atoms with Crippen LogP contribution in [0.5, 0.6) is 5.75 Å². The van der Waals surface area contributed by atoms with Gasteiger partial charge in [-0.1, -0.05) is 5.16 Å². The summed E-state index contributed by atoms with van der Waals surface area (Å²) in [5.74, 6) is 0.493. The first-order valence-corrected chi connectivity index (χ1v) is 5.11. The Hall–Kier alpha value is -1.95. The van der Waals surface area contributed by atoms with E-state index in [1.54, 1.807) is 6.07 Å². The predicted octanol–water partition coefficient (Wildman–Crippen LogP) is 1.39. The van der Waals surface area contributed by atoms with Gasteiger partial charge in [0, 0.05) is 12.0 Å². The fourth-order valence-electron chi connectivity index (χ4n) is 1.40. The van der Waals surface area contributed by atoms with Crippen molar-refractivity contribution in [1.82, 2.24) is 10.1 Å². The Morgan fingerprint density at radius 2 is 2.29 bits per heavy atom. The number of methoxy groups -OCH3 is 1. The molecule has 0 radical (unpaired) electrons. The van der Waals surface area contributed by atoms with Crippen LogP contribution in [0.4, 0.5) is 4.39 Å². The first-order valence-electron chi connectivity index (χ1n) is 5.11. The average molecular weight is 237 g/mol. The molecule has 0 saturated heterocycles. The highest BCUT2D eigenvalue weighted by atomic mass is 19.1. The van der Waals surface area contributed by atoms with Crippen LogP contribution in [0.25, 0.3) is 11.5 Å². The van der Waals surface area contributed by atoms with Crippen molar-refractivity contribution in [3.05, 3.63) is 29.8 Å². The van der Waals surface area contributed by atoms with Crippen molar-refractivity contribution in [2.75, 3.05) is 13.7 Å². The number of hydrogen-bond acceptors (Lipinski definition) is 5. The van der Waals surface area contributed by atoms with Crippen LogP contribution in [0.15, 0.2) is 22.7 Å². The van der Waals surface area contributed by atoms with Gasteiger partial charge in [-0.25, -0.2) is 4.39 Å². The van der Waals surface area contributed by atoms with Crippen molar-refractivity contribution in [2.45, 2.75) is 6.42 Å². The number of ether oxygens (including phenoxy) is 1. The molecule has 2 N–H and O–H groups in total. The normalized spacial score (nSPS) is 10.5. The van der Waals surface area contributed by atoms with Gasteiger partial charge in [0.05, 0.1) is 7.11 Å². The third-order valence-electron chi connectivity index (χ3n) is 2.23. The first kappa shape index (κ1) is 11.5. The molecule has 0 bridgehead atoms. The zero-order valence-corrected chi connectivity index (χ0v) is 9.31. The third-order valence-corrected chi connectivity index (χ3v) is 2.23. The minimum Gasteiger partial charge on any atom is -0.494 e. The van der Waals surface area contributed by atoms with E-state index < -0.39 is 5.82 Å². The lowest BCUT2D eigenvalue weighted by molar-refractivity contribution is 0.386. The van der Waals surface area contributed by atoms with E-state index in [0.717, 1.165) is 0 Å². The first-order chi connectivity index (χ1) is 8.24. The molecule has 0 aliphatic heterocycles. The second-order valence-corrected chi connectivity index (χ2v) is 3.40. The number of halogens is 1. The highest BCUT2D eigenvalue weighted by Gasteiger charge is 2.11. The van der Waals surface area contributed by atoms with Crippen molar-refractivity contribution < 1.29 is 13.7 Å². The van der Waals surface area contributed by atoms with Crippen LogP contribution >= 0.6 is 0 Å². The van der Waals surface area contributed by atoms with Gasteiger partial charge in [0.1, 0.15) is 0 Å². The van der Waals surface area contributed by atoms with Crippen LogP contribution in [-0.2, 0) is 6.42 Å². The van der Waals surface area contributed by atoms with E-state index in [1.165, 1.54) is 19.2 Å². The molecule has 17 heavy (non-hydrogen) atoms. The largest absolute Gasteiger partial charge is 0.494 e. The van der Waals surface area contributed by atoms with Gasteiger partial charge in [-0.05, 0) is 24.7 Å². The SMILES string of the molecule is COc1ccc(-c2nc(CCN)no2)cc1F. The van der Waals surface area contributed by atoms with Gasteiger partial charge < -0.3 is 15.0 Å². The smallest absolute Gasteiger partial charge is 0.258 e. The maximum Gasteiger partial charge on any atom is 0.258 e. The molecule has 6 heteroatoms. The van der Waals surface area contributed by atoms with E-state index in [1.807, 2.05) is 0 Å². The van der Waals surface area contributed by atoms with E-state index in [2.05, 4.69) is 10.1 Å². The Labute approximate surface area is 97.4 Å². The number of aromatic nitrogens is 2. The zero-order valence-electron chi connectivity index (χ0n) is 9.31. The van der Waals surface area contributed by atoms with Crippen LogP contribution in [-0.4, -0.2) is 23.8 Å². The fourth-order valence-corrected chi connectivity index (χ4v) is 1.40. The summed E-state index contributed by atoms with van der Waals surface area (Å²) in [6.07, 6.45) is 0.530. The van der Waals surface area contributed by atoms with Crippen LogP contribution in [0, 0.1) is 5.82 Å². The second-order valence-electron chi connectivity index (χ2n) is 3.40. The summed E-state index contributed by atoms with van der Waals surface area (Å²) in [5.41, 5.74) is 5.89. The van der Waals surface area contributed by atoms with Crippen molar-refractivity contribution in [1.29, 1.82) is 0 Å². The molecule has 0 saturated carbocycles. The molecule has 2 rings (SSSR count). The van der Waals surface area contributed by atoms with Crippen molar-refractivity contribution in [3.8, 4) is 17.2 Å². The predicted molar refractivity (Wildman–Crippen MR) is 59.0 cm³/mol. The topological polar surface area (TPSA) is 74.2 Å². The molecule has 1 heterocycles. The molecule has 90 valence electrons. The average Bonchev–Trinajstić information content (AvgIpc) is 2.78. The Kier molecular flexibility index (Phi) is 3.34. The van der Waals surface area contributed by atoms with E-state index in [4.69, 9.17) is 15.0 Å². The Morgan fingerprint density at radius 1 is 1.47 bits per heavy atom. The van der Waals surface area contributed by atoms with Crippen LogP contribution < -0.4 is 10.5 Å². The quantitative estimate of drug-likeness (QED) is 0.869. The fraction of sp³-hybridized carbons (Fsp3) is 0.273. The van der Waals surface area contributed by atoms with E-state index in [9.17, 15) is 4.39 Å². The highest BCUT2D eigenvalue weighted by Crippen LogP contribution is 2.24. The molecule has 0 unspecified atom stereocenters. The molecule has 1 aromatic carbocycles. The van der Waals surface area contributed by atoms with Gasteiger partial charge in [0.25, 0.3) is 5.89 Å². The van der Waals surface area contributed by atoms with E-state index in [-0.39, 0.29) is 11.6 Å². The molecule has 0 fully saturated rings. The van der Waals surface area contributed by atoms with Crippen molar-refractivity contribution in [2.24, 2.45) is 5.73 Å². The molecule has 0 spiro atoms. The number of nitrogens with zero attached hydrogens (tertiary/aromatic N) is 2. The van der Waals surface area contributed by atoms with Crippen LogP contribution in [0.3, 0.4) is 0 Å². The van der Waals surface area contributed by atoms with Gasteiger partial charge >= 0.3 is 0 Å². The highest BCUT2D eigenvalue weighted by molar-refractivity contribution is 5.54. The number of benzene rings is 1. The maximum absolute atomic E-state index is 13.5. The lowest BCUT2D eigenvalue weighted by Crippen LogP contribution is -2.03. The van der Waals surface area contributed by atoms with Crippen LogP contribution in [0.2, 0.25) is 0 Å². The Balaban J connectivity index is 2.29. The van der Waals surface area contributed by atoms with Gasteiger partial charge in [0.2, 0.25) is 0 Å². The summed E-state index contributed by atoms with van der Waals surface area (Å²) in [4.78, 5) is 4.10. The second kappa shape index (κ2) is 4.92. The summed E-state index contributed by atoms with van der Waals surface area (Å²) < 4.78 is 23.3. The summed E-state index contributed by atoms with van der Waals surface area (Å²) in [6, 6.07) is 4.46. The molecule has 5 nitrogen and oxygen atoms in total. The summed E-state index contributed by atoms with van der Waals surface area (Å²) >= 11 is 0. The van der Waals surface area contributed by atoms with Crippen molar-refractivity contribution >= 4 is 0 Å². The minimum absolute atomic E-state index is 0.176. The number of rotatable bonds is 4. The molecular weight excluding hydrogens is 225 g/mol. The van der Waals surface area contributed by atoms with E-state index >= 15 is 0 Å². The Morgan fingerprint density at radius 3 is 2.94 bits per heavy atom. The maximum atomic E-state index is 13.5. The minimum atomic E-state index is -0.469. The summed E-state index contributed by atoms with van der Waals surface area (Å²) in [5, 5.41) is 3.73. The standard InChI is InChI=1S/C11H12FN3O2/c1-16-9-3-2-7(6-8(9)12)11-14-10(4-5-13)15-17-11/h2-3,6H,4-5,13H2,1H3. The van der Waals surface area contributed by atoms with Gasteiger partial charge in [0.15, 0.2) is 17.4 Å². The molecule has 0 amide bonds. The number of nitrogens with two attached hydrogens (primary N) is 1. The molecule has 0 aliphatic carbocycles. The lowest BCUT2D eigenvalue weighted by atomic mass is 10.2. The third kappa shape index (κ3) is 2.42. The molecule has 0 atom stereocenters. The zero-order chi connectivity index (χ0) is 12.3. The molecule has 2 aromatic rings. The number of hydrogen-bond donors (Lipinski definition) is 1. The van der Waals surface area contributed by atoms with Gasteiger partial charge in [-0.15, -0.1) is 0 Å². The molecule has 1 aromatic heterocycles. The summed E-state index contributed by atoms with van der Waals surface area (Å²) in [6.45, 7) is 0.440. The van der Waals surface area contributed by atoms with Crippen molar-refractivity contribution in [3.63, 3.8) is 0 Å². The van der Waals surface area contributed by atoms with E-state index in [0.29, 0.717) is 24.4 Å². The molecular formula is C11H12FN3O2. The summed E-state index contributed by atoms with van der Waals surface area (Å²) in [7, 11) is 1.41. The van der Waals surface area contributed by atoms with Crippen LogP contribution in [0.1, 0.15) is 5.82 Å². The van der Waals surface area contributed by atoms with Gasteiger partial charge in [-0.3, -0.25) is 0 Å². The monoisotopic (exact) mass is 237 g/mol.